The van der Waals surface area contributed by atoms with Crippen LogP contribution >= 0.6 is 0 Å². The quantitative estimate of drug-likeness (QED) is 0.802. The molecule has 0 aliphatic heterocycles. The molecule has 20 heavy (non-hydrogen) atoms. The van der Waals surface area contributed by atoms with Crippen LogP contribution in [0.4, 0.5) is 8.78 Å². The molecule has 5 nitrogen and oxygen atoms in total. The molecule has 1 aromatic carbocycles. The third-order valence-electron chi connectivity index (χ3n) is 2.59. The summed E-state index contributed by atoms with van der Waals surface area (Å²) in [5.41, 5.74) is -0.611. The van der Waals surface area contributed by atoms with Gasteiger partial charge in [-0.25, -0.2) is 21.9 Å². The summed E-state index contributed by atoms with van der Waals surface area (Å²) >= 11 is 0. The Hall–Kier alpha value is -1.54. The van der Waals surface area contributed by atoms with Crippen LogP contribution in [0.25, 0.3) is 0 Å². The topological polar surface area (TPSA) is 83.5 Å². The average molecular weight is 307 g/mol. The minimum Gasteiger partial charge on any atom is -0.480 e. The van der Waals surface area contributed by atoms with Gasteiger partial charge in [0.2, 0.25) is 10.0 Å². The summed E-state index contributed by atoms with van der Waals surface area (Å²) < 4.78 is 52.3. The predicted octanol–water partition coefficient (Wildman–Crippen LogP) is 1.64. The van der Waals surface area contributed by atoms with Gasteiger partial charge in [-0.05, 0) is 18.6 Å². The van der Waals surface area contributed by atoms with Crippen molar-refractivity contribution < 1.29 is 27.1 Å². The minimum absolute atomic E-state index is 0.0916. The molecule has 0 saturated carbocycles. The number of hydrogen-bond acceptors (Lipinski definition) is 3. The SMILES string of the molecule is CCCC(NS(=O)(=O)Cc1c(F)cccc1F)C(=O)O. The van der Waals surface area contributed by atoms with E-state index in [9.17, 15) is 22.0 Å². The second-order valence-corrected chi connectivity index (χ2v) is 6.01. The smallest absolute Gasteiger partial charge is 0.321 e. The maximum absolute atomic E-state index is 13.4. The highest BCUT2D eigenvalue weighted by atomic mass is 32.2. The van der Waals surface area contributed by atoms with Crippen LogP contribution in [-0.4, -0.2) is 25.5 Å². The fourth-order valence-corrected chi connectivity index (χ4v) is 3.03. The normalized spacial score (nSPS) is 13.2. The number of nitrogens with one attached hydrogen (secondary N) is 1. The summed E-state index contributed by atoms with van der Waals surface area (Å²) in [6.07, 6.45) is 0.544. The molecule has 0 fully saturated rings. The zero-order valence-corrected chi connectivity index (χ0v) is 11.6. The molecule has 0 radical (unpaired) electrons. The Morgan fingerprint density at radius 3 is 2.35 bits per heavy atom. The molecule has 0 heterocycles. The van der Waals surface area contributed by atoms with E-state index in [1.165, 1.54) is 0 Å². The number of carbonyl (C=O) groups is 1. The van der Waals surface area contributed by atoms with E-state index >= 15 is 0 Å². The number of aliphatic carboxylic acids is 1. The van der Waals surface area contributed by atoms with E-state index in [0.717, 1.165) is 18.2 Å². The molecular formula is C12H15F2NO4S. The van der Waals surface area contributed by atoms with Gasteiger partial charge in [0.1, 0.15) is 17.7 Å². The first-order valence-corrected chi connectivity index (χ1v) is 7.57. The van der Waals surface area contributed by atoms with Crippen molar-refractivity contribution in [2.75, 3.05) is 0 Å². The number of hydrogen-bond donors (Lipinski definition) is 2. The Labute approximate surface area is 115 Å². The molecule has 0 aromatic heterocycles. The number of sulfonamides is 1. The van der Waals surface area contributed by atoms with Crippen molar-refractivity contribution in [3.8, 4) is 0 Å². The second-order valence-electron chi connectivity index (χ2n) is 4.26. The van der Waals surface area contributed by atoms with E-state index in [1.807, 2.05) is 4.72 Å². The van der Waals surface area contributed by atoms with Crippen LogP contribution in [0.1, 0.15) is 25.3 Å². The van der Waals surface area contributed by atoms with Crippen molar-refractivity contribution in [1.82, 2.24) is 4.72 Å². The number of benzene rings is 1. The van der Waals surface area contributed by atoms with Crippen molar-refractivity contribution >= 4 is 16.0 Å². The number of carboxylic acid groups (broad SMARTS) is 1. The first kappa shape index (κ1) is 16.5. The standard InChI is InChI=1S/C12H15F2NO4S/c1-2-4-11(12(16)17)15-20(18,19)7-8-9(13)5-3-6-10(8)14/h3,5-6,11,15H,2,4,7H2,1H3,(H,16,17). The van der Waals surface area contributed by atoms with Gasteiger partial charge in [0.15, 0.2) is 0 Å². The van der Waals surface area contributed by atoms with E-state index in [2.05, 4.69) is 0 Å². The highest BCUT2D eigenvalue weighted by molar-refractivity contribution is 7.88. The van der Waals surface area contributed by atoms with Crippen LogP contribution in [0, 0.1) is 11.6 Å². The van der Waals surface area contributed by atoms with Gasteiger partial charge in [-0.3, -0.25) is 4.79 Å². The van der Waals surface area contributed by atoms with Crippen molar-refractivity contribution in [1.29, 1.82) is 0 Å². The summed E-state index contributed by atoms with van der Waals surface area (Å²) in [6, 6.07) is 1.69. The van der Waals surface area contributed by atoms with Crippen LogP contribution in [0.15, 0.2) is 18.2 Å². The van der Waals surface area contributed by atoms with Crippen LogP contribution in [0.3, 0.4) is 0 Å². The van der Waals surface area contributed by atoms with Crippen LogP contribution in [0.2, 0.25) is 0 Å². The summed E-state index contributed by atoms with van der Waals surface area (Å²) in [5, 5.41) is 8.87. The molecule has 0 spiro atoms. The van der Waals surface area contributed by atoms with Crippen LogP contribution < -0.4 is 4.72 Å². The van der Waals surface area contributed by atoms with Crippen molar-refractivity contribution in [3.05, 3.63) is 35.4 Å². The lowest BCUT2D eigenvalue weighted by Gasteiger charge is -2.14. The van der Waals surface area contributed by atoms with E-state index < -0.39 is 45.0 Å². The number of rotatable bonds is 7. The summed E-state index contributed by atoms with van der Waals surface area (Å²) in [5.74, 6) is -4.25. The molecule has 1 unspecified atom stereocenters. The lowest BCUT2D eigenvalue weighted by molar-refractivity contribution is -0.139. The molecule has 8 heteroatoms. The average Bonchev–Trinajstić information content (AvgIpc) is 2.33. The molecular weight excluding hydrogens is 292 g/mol. The highest BCUT2D eigenvalue weighted by Crippen LogP contribution is 2.15. The van der Waals surface area contributed by atoms with Crippen molar-refractivity contribution in [3.63, 3.8) is 0 Å². The third-order valence-corrected chi connectivity index (χ3v) is 3.91. The van der Waals surface area contributed by atoms with Gasteiger partial charge in [0.05, 0.1) is 5.75 Å². The van der Waals surface area contributed by atoms with Gasteiger partial charge in [0.25, 0.3) is 0 Å². The number of carboxylic acids is 1. The molecule has 0 aliphatic carbocycles. The Balaban J connectivity index is 2.92. The minimum atomic E-state index is -4.16. The molecule has 0 bridgehead atoms. The van der Waals surface area contributed by atoms with Crippen LogP contribution in [-0.2, 0) is 20.6 Å². The van der Waals surface area contributed by atoms with Gasteiger partial charge >= 0.3 is 5.97 Å². The van der Waals surface area contributed by atoms with E-state index in [-0.39, 0.29) is 6.42 Å². The van der Waals surface area contributed by atoms with E-state index in [1.54, 1.807) is 6.92 Å². The summed E-state index contributed by atoms with van der Waals surface area (Å²) in [6.45, 7) is 1.70. The van der Waals surface area contributed by atoms with Gasteiger partial charge in [0, 0.05) is 5.56 Å². The monoisotopic (exact) mass is 307 g/mol. The molecule has 1 atom stereocenters. The van der Waals surface area contributed by atoms with Crippen molar-refractivity contribution in [2.24, 2.45) is 0 Å². The molecule has 0 amide bonds. The summed E-state index contributed by atoms with van der Waals surface area (Å²) in [4.78, 5) is 10.9. The fourth-order valence-electron chi connectivity index (χ4n) is 1.64. The maximum atomic E-state index is 13.4. The Bertz CT molecular complexity index is 569. The largest absolute Gasteiger partial charge is 0.480 e. The van der Waals surface area contributed by atoms with Crippen molar-refractivity contribution in [2.45, 2.75) is 31.6 Å². The lowest BCUT2D eigenvalue weighted by atomic mass is 10.2. The molecule has 0 aliphatic rings. The van der Waals surface area contributed by atoms with Gasteiger partial charge in [-0.2, -0.15) is 0 Å². The predicted molar refractivity (Wildman–Crippen MR) is 68.4 cm³/mol. The Morgan fingerprint density at radius 1 is 1.35 bits per heavy atom. The molecule has 1 rings (SSSR count). The molecule has 112 valence electrons. The van der Waals surface area contributed by atoms with E-state index in [0.29, 0.717) is 6.42 Å². The zero-order chi connectivity index (χ0) is 15.3. The highest BCUT2D eigenvalue weighted by Gasteiger charge is 2.25. The first-order valence-electron chi connectivity index (χ1n) is 5.92. The molecule has 1 aromatic rings. The van der Waals surface area contributed by atoms with Crippen LogP contribution in [0.5, 0.6) is 0 Å². The maximum Gasteiger partial charge on any atom is 0.321 e. The fraction of sp³-hybridized carbons (Fsp3) is 0.417. The molecule has 0 saturated heterocycles. The Morgan fingerprint density at radius 2 is 1.90 bits per heavy atom. The molecule has 2 N–H and O–H groups in total. The van der Waals surface area contributed by atoms with Gasteiger partial charge in [-0.1, -0.05) is 19.4 Å². The van der Waals surface area contributed by atoms with E-state index in [4.69, 9.17) is 5.11 Å². The second kappa shape index (κ2) is 6.76. The first-order chi connectivity index (χ1) is 9.26. The lowest BCUT2D eigenvalue weighted by Crippen LogP contribution is -2.41. The van der Waals surface area contributed by atoms with Gasteiger partial charge < -0.3 is 5.11 Å². The third kappa shape index (κ3) is 4.53. The zero-order valence-electron chi connectivity index (χ0n) is 10.8. The number of halogens is 2. The Kier molecular flexibility index (Phi) is 5.58. The summed E-state index contributed by atoms with van der Waals surface area (Å²) in [7, 11) is -4.16. The van der Waals surface area contributed by atoms with Gasteiger partial charge in [-0.15, -0.1) is 0 Å².